The fourth-order valence-corrected chi connectivity index (χ4v) is 2.79. The second-order valence-electron chi connectivity index (χ2n) is 5.64. The van der Waals surface area contributed by atoms with Crippen LogP contribution in [-0.4, -0.2) is 23.0 Å². The van der Waals surface area contributed by atoms with Crippen LogP contribution >= 0.6 is 0 Å². The van der Waals surface area contributed by atoms with Crippen molar-refractivity contribution in [1.82, 2.24) is 5.32 Å². The Kier molecular flexibility index (Phi) is 6.12. The van der Waals surface area contributed by atoms with Gasteiger partial charge in [-0.25, -0.2) is 0 Å². The number of rotatable bonds is 6. The maximum absolute atomic E-state index is 12.5. The van der Waals surface area contributed by atoms with Crippen molar-refractivity contribution in [3.63, 3.8) is 0 Å². The molecule has 1 saturated carbocycles. The van der Waals surface area contributed by atoms with Crippen LogP contribution in [0.25, 0.3) is 0 Å². The lowest BCUT2D eigenvalue weighted by Gasteiger charge is -2.35. The Morgan fingerprint density at radius 3 is 2.58 bits per heavy atom. The molecule has 0 radical (unpaired) electrons. The SMILES string of the molecule is CCCCC(C)NC(=O)C1(C(N)=NO)CCCCC1. The van der Waals surface area contributed by atoms with Crippen LogP contribution in [0.15, 0.2) is 5.16 Å². The molecule has 1 fully saturated rings. The summed E-state index contributed by atoms with van der Waals surface area (Å²) in [4.78, 5) is 12.5. The van der Waals surface area contributed by atoms with Gasteiger partial charge in [0, 0.05) is 6.04 Å². The number of amidine groups is 1. The van der Waals surface area contributed by atoms with Gasteiger partial charge in [-0.2, -0.15) is 0 Å². The fourth-order valence-electron chi connectivity index (χ4n) is 2.79. The van der Waals surface area contributed by atoms with Crippen LogP contribution < -0.4 is 11.1 Å². The second kappa shape index (κ2) is 7.36. The summed E-state index contributed by atoms with van der Waals surface area (Å²) in [5, 5.41) is 15.1. The zero-order valence-corrected chi connectivity index (χ0v) is 12.1. The fraction of sp³-hybridized carbons (Fsp3) is 0.857. The van der Waals surface area contributed by atoms with Crippen molar-refractivity contribution in [2.45, 2.75) is 71.3 Å². The average molecular weight is 269 g/mol. The Bertz CT molecular complexity index is 323. The van der Waals surface area contributed by atoms with Gasteiger partial charge in [-0.1, -0.05) is 44.2 Å². The van der Waals surface area contributed by atoms with Gasteiger partial charge < -0.3 is 16.3 Å². The van der Waals surface area contributed by atoms with Gasteiger partial charge in [0.2, 0.25) is 5.91 Å². The standard InChI is InChI=1S/C14H27N3O2/c1-3-4-8-11(2)16-13(18)14(12(15)17-19)9-6-5-7-10-14/h11,19H,3-10H2,1-2H3,(H2,15,17)(H,16,18). The number of nitrogens with one attached hydrogen (secondary N) is 1. The van der Waals surface area contributed by atoms with Crippen LogP contribution in [-0.2, 0) is 4.79 Å². The van der Waals surface area contributed by atoms with Gasteiger partial charge in [0.15, 0.2) is 5.84 Å². The van der Waals surface area contributed by atoms with Crippen molar-refractivity contribution in [3.8, 4) is 0 Å². The summed E-state index contributed by atoms with van der Waals surface area (Å²) in [7, 11) is 0. The minimum atomic E-state index is -0.798. The zero-order valence-electron chi connectivity index (χ0n) is 12.1. The number of amides is 1. The summed E-state index contributed by atoms with van der Waals surface area (Å²) in [6.07, 6.45) is 7.54. The van der Waals surface area contributed by atoms with Crippen molar-refractivity contribution in [2.24, 2.45) is 16.3 Å². The minimum Gasteiger partial charge on any atom is -0.409 e. The Morgan fingerprint density at radius 2 is 2.05 bits per heavy atom. The minimum absolute atomic E-state index is 0.0624. The van der Waals surface area contributed by atoms with E-state index in [-0.39, 0.29) is 17.8 Å². The first-order valence-corrected chi connectivity index (χ1v) is 7.35. The first kappa shape index (κ1) is 15.8. The first-order valence-electron chi connectivity index (χ1n) is 7.35. The normalized spacial score (nSPS) is 20.8. The average Bonchev–Trinajstić information content (AvgIpc) is 2.44. The van der Waals surface area contributed by atoms with Gasteiger partial charge in [-0.15, -0.1) is 0 Å². The topological polar surface area (TPSA) is 87.7 Å². The summed E-state index contributed by atoms with van der Waals surface area (Å²) in [6.45, 7) is 4.14. The Hall–Kier alpha value is -1.26. The van der Waals surface area contributed by atoms with Gasteiger partial charge in [0.25, 0.3) is 0 Å². The van der Waals surface area contributed by atoms with Crippen LogP contribution in [0.4, 0.5) is 0 Å². The van der Waals surface area contributed by atoms with E-state index in [0.717, 1.165) is 38.5 Å². The van der Waals surface area contributed by atoms with E-state index in [0.29, 0.717) is 12.8 Å². The van der Waals surface area contributed by atoms with E-state index in [4.69, 9.17) is 10.9 Å². The predicted octanol–water partition coefficient (Wildman–Crippen LogP) is 2.38. The quantitative estimate of drug-likeness (QED) is 0.299. The highest BCUT2D eigenvalue weighted by Gasteiger charge is 2.44. The molecule has 5 nitrogen and oxygen atoms in total. The molecule has 1 amide bonds. The number of hydrogen-bond donors (Lipinski definition) is 3. The summed E-state index contributed by atoms with van der Waals surface area (Å²) in [6, 6.07) is 0.137. The molecule has 1 atom stereocenters. The highest BCUT2D eigenvalue weighted by atomic mass is 16.4. The van der Waals surface area contributed by atoms with Gasteiger partial charge in [-0.05, 0) is 26.2 Å². The molecule has 1 unspecified atom stereocenters. The van der Waals surface area contributed by atoms with Crippen LogP contribution in [0.1, 0.15) is 65.2 Å². The number of nitrogens with zero attached hydrogens (tertiary/aromatic N) is 1. The molecule has 0 aromatic rings. The van der Waals surface area contributed by atoms with Crippen molar-refractivity contribution < 1.29 is 10.0 Å². The summed E-state index contributed by atoms with van der Waals surface area (Å²) < 4.78 is 0. The molecule has 1 aliphatic carbocycles. The molecule has 5 heteroatoms. The third-order valence-electron chi connectivity index (χ3n) is 4.11. The molecule has 0 bridgehead atoms. The molecule has 19 heavy (non-hydrogen) atoms. The van der Waals surface area contributed by atoms with Crippen molar-refractivity contribution in [2.75, 3.05) is 0 Å². The summed E-state index contributed by atoms with van der Waals surface area (Å²) in [5.41, 5.74) is 5.00. The van der Waals surface area contributed by atoms with E-state index in [1.165, 1.54) is 0 Å². The van der Waals surface area contributed by atoms with Gasteiger partial charge >= 0.3 is 0 Å². The lowest BCUT2D eigenvalue weighted by atomic mass is 9.72. The molecule has 110 valence electrons. The summed E-state index contributed by atoms with van der Waals surface area (Å²) in [5.74, 6) is -0.0153. The molecule has 0 aromatic heterocycles. The molecule has 1 aliphatic rings. The largest absolute Gasteiger partial charge is 0.409 e. The predicted molar refractivity (Wildman–Crippen MR) is 76.1 cm³/mol. The molecule has 4 N–H and O–H groups in total. The molecule has 0 aromatic carbocycles. The highest BCUT2D eigenvalue weighted by molar-refractivity contribution is 6.06. The maximum atomic E-state index is 12.5. The lowest BCUT2D eigenvalue weighted by Crippen LogP contribution is -2.52. The number of oxime groups is 1. The summed E-state index contributed by atoms with van der Waals surface area (Å²) >= 11 is 0. The van der Waals surface area contributed by atoms with E-state index >= 15 is 0 Å². The number of carbonyl (C=O) groups excluding carboxylic acids is 1. The van der Waals surface area contributed by atoms with Crippen LogP contribution in [0.3, 0.4) is 0 Å². The highest BCUT2D eigenvalue weighted by Crippen LogP contribution is 2.37. The smallest absolute Gasteiger partial charge is 0.234 e. The third kappa shape index (κ3) is 3.85. The number of nitrogens with two attached hydrogens (primary N) is 1. The molecular formula is C14H27N3O2. The number of unbranched alkanes of at least 4 members (excludes halogenated alkanes) is 1. The molecule has 0 heterocycles. The molecule has 1 rings (SSSR count). The van der Waals surface area contributed by atoms with E-state index in [1.54, 1.807) is 0 Å². The second-order valence-corrected chi connectivity index (χ2v) is 5.64. The van der Waals surface area contributed by atoms with Crippen LogP contribution in [0.5, 0.6) is 0 Å². The monoisotopic (exact) mass is 269 g/mol. The van der Waals surface area contributed by atoms with Crippen molar-refractivity contribution in [3.05, 3.63) is 0 Å². The number of carbonyl (C=O) groups is 1. The van der Waals surface area contributed by atoms with E-state index in [1.807, 2.05) is 6.92 Å². The number of hydrogen-bond acceptors (Lipinski definition) is 3. The molecular weight excluding hydrogens is 242 g/mol. The molecule has 0 aliphatic heterocycles. The molecule has 0 saturated heterocycles. The van der Waals surface area contributed by atoms with Crippen molar-refractivity contribution >= 4 is 11.7 Å². The zero-order chi connectivity index (χ0) is 14.3. The van der Waals surface area contributed by atoms with E-state index < -0.39 is 5.41 Å². The lowest BCUT2D eigenvalue weighted by molar-refractivity contribution is -0.129. The maximum Gasteiger partial charge on any atom is 0.234 e. The van der Waals surface area contributed by atoms with Gasteiger partial charge in [0.05, 0.1) is 0 Å². The first-order chi connectivity index (χ1) is 9.06. The Labute approximate surface area is 115 Å². The Balaban J connectivity index is 2.72. The Morgan fingerprint density at radius 1 is 1.42 bits per heavy atom. The molecule has 0 spiro atoms. The van der Waals surface area contributed by atoms with Gasteiger partial charge in [-0.3, -0.25) is 4.79 Å². The van der Waals surface area contributed by atoms with Crippen LogP contribution in [0, 0.1) is 5.41 Å². The van der Waals surface area contributed by atoms with E-state index in [2.05, 4.69) is 17.4 Å². The van der Waals surface area contributed by atoms with Gasteiger partial charge in [0.1, 0.15) is 5.41 Å². The van der Waals surface area contributed by atoms with E-state index in [9.17, 15) is 4.79 Å². The third-order valence-corrected chi connectivity index (χ3v) is 4.11. The van der Waals surface area contributed by atoms with Crippen LogP contribution in [0.2, 0.25) is 0 Å². The van der Waals surface area contributed by atoms with Crippen molar-refractivity contribution in [1.29, 1.82) is 0 Å².